The van der Waals surface area contributed by atoms with E-state index in [2.05, 4.69) is 35.1 Å². The maximum Gasteiger partial charge on any atom is 0.0575 e. The van der Waals surface area contributed by atoms with E-state index in [1.165, 1.54) is 30.6 Å². The molecule has 2 heterocycles. The van der Waals surface area contributed by atoms with Crippen molar-refractivity contribution in [2.75, 3.05) is 19.6 Å². The molecule has 0 bridgehead atoms. The van der Waals surface area contributed by atoms with Crippen molar-refractivity contribution >= 4 is 0 Å². The Labute approximate surface area is 111 Å². The molecule has 0 amide bonds. The Kier molecular flexibility index (Phi) is 5.14. The summed E-state index contributed by atoms with van der Waals surface area (Å²) >= 11 is 0. The molecule has 3 heteroatoms. The second-order valence-corrected chi connectivity index (χ2v) is 5.09. The van der Waals surface area contributed by atoms with Gasteiger partial charge >= 0.3 is 0 Å². The second-order valence-electron chi connectivity index (χ2n) is 5.09. The standard InChI is InChI=1S/C15H25N3/c1-3-13-7-5-9-17-15(13)12-18-10-6-8-14(11-18)16-4-2/h5,7,9,14,16H,3-4,6,8,10-12H2,1-2H3. The van der Waals surface area contributed by atoms with Crippen molar-refractivity contribution in [1.82, 2.24) is 15.2 Å². The van der Waals surface area contributed by atoms with Gasteiger partial charge in [0.25, 0.3) is 0 Å². The average Bonchev–Trinajstić information content (AvgIpc) is 2.40. The zero-order chi connectivity index (χ0) is 12.8. The molecule has 1 unspecified atom stereocenters. The van der Waals surface area contributed by atoms with E-state index in [1.807, 2.05) is 12.3 Å². The lowest BCUT2D eigenvalue weighted by Crippen LogP contribution is -2.45. The van der Waals surface area contributed by atoms with Crippen LogP contribution in [-0.4, -0.2) is 35.6 Å². The lowest BCUT2D eigenvalue weighted by molar-refractivity contribution is 0.182. The Morgan fingerprint density at radius 2 is 2.33 bits per heavy atom. The van der Waals surface area contributed by atoms with Gasteiger partial charge in [-0.1, -0.05) is 19.9 Å². The summed E-state index contributed by atoms with van der Waals surface area (Å²) in [4.78, 5) is 7.09. The normalized spacial score (nSPS) is 21.1. The number of rotatable bonds is 5. The van der Waals surface area contributed by atoms with Crippen LogP contribution in [0.3, 0.4) is 0 Å². The highest BCUT2D eigenvalue weighted by molar-refractivity contribution is 5.19. The highest BCUT2D eigenvalue weighted by atomic mass is 15.2. The quantitative estimate of drug-likeness (QED) is 0.865. The van der Waals surface area contributed by atoms with Gasteiger partial charge in [0.15, 0.2) is 0 Å². The third-order valence-electron chi connectivity index (χ3n) is 3.74. The first kappa shape index (κ1) is 13.5. The Bertz CT molecular complexity index is 363. The molecule has 1 aromatic heterocycles. The lowest BCUT2D eigenvalue weighted by Gasteiger charge is -2.33. The maximum atomic E-state index is 4.55. The molecular formula is C15H25N3. The maximum absolute atomic E-state index is 4.55. The average molecular weight is 247 g/mol. The number of likely N-dealkylation sites (N-methyl/N-ethyl adjacent to an activating group) is 1. The molecule has 1 atom stereocenters. The predicted molar refractivity (Wildman–Crippen MR) is 75.6 cm³/mol. The Morgan fingerprint density at radius 3 is 3.11 bits per heavy atom. The van der Waals surface area contributed by atoms with Crippen LogP contribution in [0.15, 0.2) is 18.3 Å². The summed E-state index contributed by atoms with van der Waals surface area (Å²) < 4.78 is 0. The SMILES string of the molecule is CCNC1CCCN(Cc2ncccc2CC)C1. The van der Waals surface area contributed by atoms with E-state index >= 15 is 0 Å². The molecule has 2 rings (SSSR count). The summed E-state index contributed by atoms with van der Waals surface area (Å²) in [6.45, 7) is 8.84. The summed E-state index contributed by atoms with van der Waals surface area (Å²) in [5, 5.41) is 3.57. The minimum Gasteiger partial charge on any atom is -0.313 e. The molecular weight excluding hydrogens is 222 g/mol. The fourth-order valence-corrected chi connectivity index (χ4v) is 2.80. The van der Waals surface area contributed by atoms with Crippen LogP contribution in [-0.2, 0) is 13.0 Å². The van der Waals surface area contributed by atoms with Crippen LogP contribution in [0.1, 0.15) is 37.9 Å². The molecule has 0 radical (unpaired) electrons. The van der Waals surface area contributed by atoms with Gasteiger partial charge in [-0.25, -0.2) is 0 Å². The van der Waals surface area contributed by atoms with E-state index in [1.54, 1.807) is 0 Å². The first-order valence-corrected chi connectivity index (χ1v) is 7.22. The number of nitrogens with one attached hydrogen (secondary N) is 1. The van der Waals surface area contributed by atoms with Gasteiger partial charge in [-0.05, 0) is 44.0 Å². The van der Waals surface area contributed by atoms with Crippen molar-refractivity contribution in [3.63, 3.8) is 0 Å². The van der Waals surface area contributed by atoms with E-state index in [4.69, 9.17) is 0 Å². The van der Waals surface area contributed by atoms with E-state index in [0.717, 1.165) is 26.1 Å². The molecule has 1 aromatic rings. The summed E-state index contributed by atoms with van der Waals surface area (Å²) in [7, 11) is 0. The van der Waals surface area contributed by atoms with E-state index in [-0.39, 0.29) is 0 Å². The third-order valence-corrected chi connectivity index (χ3v) is 3.74. The van der Waals surface area contributed by atoms with Crippen molar-refractivity contribution in [2.24, 2.45) is 0 Å². The van der Waals surface area contributed by atoms with Crippen molar-refractivity contribution in [1.29, 1.82) is 0 Å². The third kappa shape index (κ3) is 3.53. The number of aromatic nitrogens is 1. The Balaban J connectivity index is 1.96. The molecule has 1 aliphatic heterocycles. The van der Waals surface area contributed by atoms with Crippen molar-refractivity contribution < 1.29 is 0 Å². The molecule has 100 valence electrons. The molecule has 3 nitrogen and oxygen atoms in total. The lowest BCUT2D eigenvalue weighted by atomic mass is 10.0. The largest absolute Gasteiger partial charge is 0.313 e. The number of piperidine rings is 1. The smallest absolute Gasteiger partial charge is 0.0575 e. The van der Waals surface area contributed by atoms with Crippen LogP contribution in [0.2, 0.25) is 0 Å². The number of pyridine rings is 1. The van der Waals surface area contributed by atoms with Crippen LogP contribution >= 0.6 is 0 Å². The first-order valence-electron chi connectivity index (χ1n) is 7.22. The summed E-state index contributed by atoms with van der Waals surface area (Å²) in [6.07, 6.45) is 5.60. The van der Waals surface area contributed by atoms with Crippen LogP contribution < -0.4 is 5.32 Å². The Morgan fingerprint density at radius 1 is 1.44 bits per heavy atom. The monoisotopic (exact) mass is 247 g/mol. The van der Waals surface area contributed by atoms with Gasteiger partial charge < -0.3 is 5.32 Å². The van der Waals surface area contributed by atoms with Gasteiger partial charge in [0.2, 0.25) is 0 Å². The van der Waals surface area contributed by atoms with Gasteiger partial charge in [0.1, 0.15) is 0 Å². The minimum atomic E-state index is 0.664. The summed E-state index contributed by atoms with van der Waals surface area (Å²) in [5.41, 5.74) is 2.65. The van der Waals surface area contributed by atoms with Crippen molar-refractivity contribution in [3.05, 3.63) is 29.6 Å². The molecule has 18 heavy (non-hydrogen) atoms. The zero-order valence-corrected chi connectivity index (χ0v) is 11.7. The van der Waals surface area contributed by atoms with E-state index in [9.17, 15) is 0 Å². The van der Waals surface area contributed by atoms with E-state index < -0.39 is 0 Å². The fourth-order valence-electron chi connectivity index (χ4n) is 2.80. The van der Waals surface area contributed by atoms with Gasteiger partial charge in [0, 0.05) is 25.3 Å². The predicted octanol–water partition coefficient (Wildman–Crippen LogP) is 2.22. The summed E-state index contributed by atoms with van der Waals surface area (Å²) in [5.74, 6) is 0. The molecule has 1 saturated heterocycles. The topological polar surface area (TPSA) is 28.2 Å². The highest BCUT2D eigenvalue weighted by Gasteiger charge is 2.19. The van der Waals surface area contributed by atoms with Gasteiger partial charge in [0.05, 0.1) is 5.69 Å². The van der Waals surface area contributed by atoms with Gasteiger partial charge in [-0.2, -0.15) is 0 Å². The van der Waals surface area contributed by atoms with Gasteiger partial charge in [-0.3, -0.25) is 9.88 Å². The van der Waals surface area contributed by atoms with Crippen LogP contribution in [0.4, 0.5) is 0 Å². The Hall–Kier alpha value is -0.930. The molecule has 1 N–H and O–H groups in total. The molecule has 0 spiro atoms. The number of aryl methyl sites for hydroxylation is 1. The molecule has 1 aliphatic rings. The highest BCUT2D eigenvalue weighted by Crippen LogP contribution is 2.15. The molecule has 0 saturated carbocycles. The fraction of sp³-hybridized carbons (Fsp3) is 0.667. The zero-order valence-electron chi connectivity index (χ0n) is 11.7. The second kappa shape index (κ2) is 6.86. The summed E-state index contributed by atoms with van der Waals surface area (Å²) in [6, 6.07) is 4.91. The van der Waals surface area contributed by atoms with Gasteiger partial charge in [-0.15, -0.1) is 0 Å². The van der Waals surface area contributed by atoms with Crippen molar-refractivity contribution in [2.45, 2.75) is 45.7 Å². The number of nitrogens with zero attached hydrogens (tertiary/aromatic N) is 2. The van der Waals surface area contributed by atoms with Crippen LogP contribution in [0, 0.1) is 0 Å². The number of hydrogen-bond donors (Lipinski definition) is 1. The molecule has 0 aliphatic carbocycles. The van der Waals surface area contributed by atoms with Crippen molar-refractivity contribution in [3.8, 4) is 0 Å². The molecule has 0 aromatic carbocycles. The van der Waals surface area contributed by atoms with Crippen LogP contribution in [0.25, 0.3) is 0 Å². The first-order chi connectivity index (χ1) is 8.83. The molecule has 1 fully saturated rings. The minimum absolute atomic E-state index is 0.664. The van der Waals surface area contributed by atoms with Crippen LogP contribution in [0.5, 0.6) is 0 Å². The van der Waals surface area contributed by atoms with E-state index in [0.29, 0.717) is 6.04 Å². The number of hydrogen-bond acceptors (Lipinski definition) is 3. The number of likely N-dealkylation sites (tertiary alicyclic amines) is 1.